The van der Waals surface area contributed by atoms with E-state index in [-0.39, 0.29) is 0 Å². The molecular formula is C14H26N4O. The molecule has 1 aliphatic heterocycles. The number of rotatable bonds is 5. The second-order valence-electron chi connectivity index (χ2n) is 5.65. The van der Waals surface area contributed by atoms with Crippen LogP contribution in [0.1, 0.15) is 32.9 Å². The van der Waals surface area contributed by atoms with E-state index in [1.165, 1.54) is 0 Å². The fourth-order valence-corrected chi connectivity index (χ4v) is 2.39. The standard InChI is InChI=1S/C14H26N4O/c1-5-13-9-18(7-6-17(13)4)14-16-12(10-19-14)8-15-11(2)3/h10-11,13,15H,5-9H2,1-4H3. The van der Waals surface area contributed by atoms with Gasteiger partial charge in [-0.3, -0.25) is 4.90 Å². The molecule has 1 atom stereocenters. The lowest BCUT2D eigenvalue weighted by atomic mass is 10.1. The van der Waals surface area contributed by atoms with Gasteiger partial charge in [-0.25, -0.2) is 0 Å². The minimum Gasteiger partial charge on any atom is -0.432 e. The molecule has 19 heavy (non-hydrogen) atoms. The lowest BCUT2D eigenvalue weighted by Crippen LogP contribution is -2.51. The maximum absolute atomic E-state index is 5.62. The minimum absolute atomic E-state index is 0.466. The molecule has 0 saturated carbocycles. The van der Waals surface area contributed by atoms with E-state index in [0.29, 0.717) is 12.1 Å². The normalized spacial score (nSPS) is 21.3. The zero-order valence-electron chi connectivity index (χ0n) is 12.5. The van der Waals surface area contributed by atoms with Crippen molar-refractivity contribution < 1.29 is 4.42 Å². The van der Waals surface area contributed by atoms with Crippen molar-refractivity contribution in [3.8, 4) is 0 Å². The van der Waals surface area contributed by atoms with E-state index < -0.39 is 0 Å². The second kappa shape index (κ2) is 6.39. The van der Waals surface area contributed by atoms with Gasteiger partial charge < -0.3 is 14.6 Å². The number of nitrogens with zero attached hydrogens (tertiary/aromatic N) is 3. The predicted octanol–water partition coefficient (Wildman–Crippen LogP) is 1.70. The summed E-state index contributed by atoms with van der Waals surface area (Å²) in [5, 5.41) is 3.36. The summed E-state index contributed by atoms with van der Waals surface area (Å²) in [4.78, 5) is 9.25. The van der Waals surface area contributed by atoms with E-state index >= 15 is 0 Å². The molecule has 1 fully saturated rings. The Morgan fingerprint density at radius 2 is 2.26 bits per heavy atom. The molecule has 0 aromatic carbocycles. The van der Waals surface area contributed by atoms with Crippen LogP contribution in [0.3, 0.4) is 0 Å². The van der Waals surface area contributed by atoms with Crippen molar-refractivity contribution in [2.75, 3.05) is 31.6 Å². The van der Waals surface area contributed by atoms with Gasteiger partial charge in [0.25, 0.3) is 6.01 Å². The molecule has 1 N–H and O–H groups in total. The lowest BCUT2D eigenvalue weighted by molar-refractivity contribution is 0.209. The Balaban J connectivity index is 1.94. The van der Waals surface area contributed by atoms with Gasteiger partial charge in [0.1, 0.15) is 6.26 Å². The molecule has 0 bridgehead atoms. The Morgan fingerprint density at radius 1 is 1.47 bits per heavy atom. The molecular weight excluding hydrogens is 240 g/mol. The maximum Gasteiger partial charge on any atom is 0.297 e. The summed E-state index contributed by atoms with van der Waals surface area (Å²) >= 11 is 0. The summed E-state index contributed by atoms with van der Waals surface area (Å²) in [6.45, 7) is 10.3. The first-order valence-corrected chi connectivity index (χ1v) is 7.23. The Morgan fingerprint density at radius 3 is 2.95 bits per heavy atom. The van der Waals surface area contributed by atoms with Gasteiger partial charge in [-0.05, 0) is 13.5 Å². The van der Waals surface area contributed by atoms with Crippen molar-refractivity contribution in [3.63, 3.8) is 0 Å². The van der Waals surface area contributed by atoms with Crippen LogP contribution in [0, 0.1) is 0 Å². The molecule has 5 heteroatoms. The quantitative estimate of drug-likeness (QED) is 0.879. The highest BCUT2D eigenvalue weighted by atomic mass is 16.4. The zero-order chi connectivity index (χ0) is 13.8. The predicted molar refractivity (Wildman–Crippen MR) is 77.4 cm³/mol. The summed E-state index contributed by atoms with van der Waals surface area (Å²) < 4.78 is 5.62. The van der Waals surface area contributed by atoms with E-state index in [1.54, 1.807) is 6.26 Å². The lowest BCUT2D eigenvalue weighted by Gasteiger charge is -2.38. The first-order valence-electron chi connectivity index (χ1n) is 7.23. The van der Waals surface area contributed by atoms with Crippen LogP contribution in [0.4, 0.5) is 6.01 Å². The van der Waals surface area contributed by atoms with E-state index in [1.807, 2.05) is 0 Å². The summed E-state index contributed by atoms with van der Waals surface area (Å²) in [5.41, 5.74) is 0.982. The zero-order valence-corrected chi connectivity index (χ0v) is 12.5. The van der Waals surface area contributed by atoms with Crippen molar-refractivity contribution >= 4 is 6.01 Å². The Bertz CT molecular complexity index is 391. The molecule has 0 radical (unpaired) electrons. The van der Waals surface area contributed by atoms with Crippen LogP contribution in [0.5, 0.6) is 0 Å². The second-order valence-corrected chi connectivity index (χ2v) is 5.65. The van der Waals surface area contributed by atoms with Gasteiger partial charge in [-0.15, -0.1) is 0 Å². The number of oxazole rings is 1. The molecule has 0 amide bonds. The molecule has 1 aromatic heterocycles. The van der Waals surface area contributed by atoms with Gasteiger partial charge in [0.05, 0.1) is 5.69 Å². The Hall–Kier alpha value is -1.07. The average molecular weight is 266 g/mol. The van der Waals surface area contributed by atoms with E-state index in [2.05, 4.69) is 47.9 Å². The van der Waals surface area contributed by atoms with E-state index in [4.69, 9.17) is 4.42 Å². The van der Waals surface area contributed by atoms with E-state index in [0.717, 1.165) is 44.3 Å². The van der Waals surface area contributed by atoms with Gasteiger partial charge in [-0.1, -0.05) is 20.8 Å². The molecule has 1 unspecified atom stereocenters. The molecule has 1 saturated heterocycles. The number of anilines is 1. The molecule has 108 valence electrons. The number of likely N-dealkylation sites (N-methyl/N-ethyl adjacent to an activating group) is 1. The fraction of sp³-hybridized carbons (Fsp3) is 0.786. The van der Waals surface area contributed by atoms with Gasteiger partial charge in [0.15, 0.2) is 0 Å². The number of hydrogen-bond acceptors (Lipinski definition) is 5. The Labute approximate surface area is 116 Å². The van der Waals surface area contributed by atoms with Crippen LogP contribution in [-0.2, 0) is 6.54 Å². The first kappa shape index (κ1) is 14.3. The third kappa shape index (κ3) is 3.70. The van der Waals surface area contributed by atoms with Crippen molar-refractivity contribution in [2.45, 2.75) is 45.8 Å². The minimum atomic E-state index is 0.466. The molecule has 5 nitrogen and oxygen atoms in total. The van der Waals surface area contributed by atoms with Crippen LogP contribution in [0.2, 0.25) is 0 Å². The highest BCUT2D eigenvalue weighted by Gasteiger charge is 2.25. The summed E-state index contributed by atoms with van der Waals surface area (Å²) in [6, 6.07) is 1.83. The van der Waals surface area contributed by atoms with Crippen LogP contribution >= 0.6 is 0 Å². The smallest absolute Gasteiger partial charge is 0.297 e. The molecule has 1 aromatic rings. The van der Waals surface area contributed by atoms with Crippen molar-refractivity contribution in [3.05, 3.63) is 12.0 Å². The van der Waals surface area contributed by atoms with Crippen molar-refractivity contribution in [1.29, 1.82) is 0 Å². The highest BCUT2D eigenvalue weighted by molar-refractivity contribution is 5.28. The third-order valence-electron chi connectivity index (χ3n) is 3.75. The SMILES string of the molecule is CCC1CN(c2nc(CNC(C)C)co2)CCN1C. The first-order chi connectivity index (χ1) is 9.10. The molecule has 0 aliphatic carbocycles. The maximum atomic E-state index is 5.62. The van der Waals surface area contributed by atoms with Gasteiger partial charge in [0, 0.05) is 38.3 Å². The fourth-order valence-electron chi connectivity index (χ4n) is 2.39. The van der Waals surface area contributed by atoms with Crippen molar-refractivity contribution in [2.24, 2.45) is 0 Å². The summed E-state index contributed by atoms with van der Waals surface area (Å²) in [6.07, 6.45) is 2.93. The molecule has 2 heterocycles. The number of nitrogens with one attached hydrogen (secondary N) is 1. The molecule has 2 rings (SSSR count). The Kier molecular flexibility index (Phi) is 4.82. The van der Waals surface area contributed by atoms with Crippen LogP contribution < -0.4 is 10.2 Å². The largest absolute Gasteiger partial charge is 0.432 e. The van der Waals surface area contributed by atoms with Gasteiger partial charge >= 0.3 is 0 Å². The van der Waals surface area contributed by atoms with Crippen LogP contribution in [-0.4, -0.2) is 48.6 Å². The van der Waals surface area contributed by atoms with E-state index in [9.17, 15) is 0 Å². The highest BCUT2D eigenvalue weighted by Crippen LogP contribution is 2.19. The van der Waals surface area contributed by atoms with Gasteiger partial charge in [-0.2, -0.15) is 4.98 Å². The van der Waals surface area contributed by atoms with Crippen LogP contribution in [0.25, 0.3) is 0 Å². The molecule has 1 aliphatic rings. The monoisotopic (exact) mass is 266 g/mol. The average Bonchev–Trinajstić information content (AvgIpc) is 2.86. The third-order valence-corrected chi connectivity index (χ3v) is 3.75. The summed E-state index contributed by atoms with van der Waals surface area (Å²) in [7, 11) is 2.19. The van der Waals surface area contributed by atoms with Gasteiger partial charge in [0.2, 0.25) is 0 Å². The molecule has 0 spiro atoms. The number of piperazine rings is 1. The van der Waals surface area contributed by atoms with Crippen molar-refractivity contribution in [1.82, 2.24) is 15.2 Å². The van der Waals surface area contributed by atoms with Crippen LogP contribution in [0.15, 0.2) is 10.7 Å². The summed E-state index contributed by atoms with van der Waals surface area (Å²) in [5.74, 6) is 0. The number of aromatic nitrogens is 1. The number of hydrogen-bond donors (Lipinski definition) is 1. The topological polar surface area (TPSA) is 44.5 Å².